The minimum atomic E-state index is 0. The van der Waals surface area contributed by atoms with Crippen LogP contribution >= 0.6 is 0 Å². The third kappa shape index (κ3) is 3.62. The Hall–Kier alpha value is -1.11. The molecule has 2 aromatic rings. The van der Waals surface area contributed by atoms with Crippen molar-refractivity contribution < 1.29 is 25.2 Å². The fourth-order valence-electron chi connectivity index (χ4n) is 2.91. The summed E-state index contributed by atoms with van der Waals surface area (Å²) >= 11 is 0. The molecule has 4 heteroatoms. The molecule has 0 atom stereocenters. The van der Waals surface area contributed by atoms with E-state index >= 15 is 0 Å². The van der Waals surface area contributed by atoms with Gasteiger partial charge in [-0.15, -0.1) is 5.10 Å². The van der Waals surface area contributed by atoms with Crippen LogP contribution in [-0.2, 0) is 20.4 Å². The van der Waals surface area contributed by atoms with Crippen molar-refractivity contribution in [1.29, 1.82) is 0 Å². The number of aryl methyl sites for hydroxylation is 2. The first-order chi connectivity index (χ1) is 9.85. The molecule has 2 rings (SSSR count). The Bertz CT molecular complexity index is 625. The minimum absolute atomic E-state index is 0. The molecule has 0 unspecified atom stereocenters. The fraction of sp³-hybridized carbons (Fsp3) is 0.500. The van der Waals surface area contributed by atoms with Gasteiger partial charge < -0.3 is 4.74 Å². The second kappa shape index (κ2) is 7.44. The molecule has 0 aliphatic carbocycles. The van der Waals surface area contributed by atoms with Gasteiger partial charge in [0, 0.05) is 26.5 Å². The topological polar surface area (TPSA) is 27.1 Å². The van der Waals surface area contributed by atoms with E-state index in [4.69, 9.17) is 4.74 Å². The van der Waals surface area contributed by atoms with Gasteiger partial charge in [-0.1, -0.05) is 43.2 Å². The summed E-state index contributed by atoms with van der Waals surface area (Å²) in [5, 5.41) is 4.68. The zero-order chi connectivity index (χ0) is 15.7. The molecular weight excluding hydrogens is 367 g/mol. The molecule has 0 fully saturated rings. The Labute approximate surface area is 147 Å². The number of methoxy groups -OCH3 is 1. The summed E-state index contributed by atoms with van der Waals surface area (Å²) < 4.78 is 7.66. The third-order valence-electron chi connectivity index (χ3n) is 3.66. The van der Waals surface area contributed by atoms with Crippen LogP contribution in [0.1, 0.15) is 56.5 Å². The molecule has 0 saturated carbocycles. The predicted molar refractivity (Wildman–Crippen MR) is 88.2 cm³/mol. The Morgan fingerprint density at radius 2 is 1.55 bits per heavy atom. The number of hydrogen-bond acceptors (Lipinski definition) is 2. The van der Waals surface area contributed by atoms with Gasteiger partial charge in [-0.25, -0.2) is 0 Å². The summed E-state index contributed by atoms with van der Waals surface area (Å²) in [4.78, 5) is 0. The van der Waals surface area contributed by atoms with Crippen LogP contribution in [0, 0.1) is 13.8 Å². The first-order valence-corrected chi connectivity index (χ1v) is 7.60. The minimum Gasteiger partial charge on any atom is -0.479 e. The van der Waals surface area contributed by atoms with E-state index in [1.807, 2.05) is 0 Å². The maximum absolute atomic E-state index is 5.57. The van der Waals surface area contributed by atoms with Gasteiger partial charge in [0.25, 0.3) is 0 Å². The van der Waals surface area contributed by atoms with E-state index < -0.39 is 0 Å². The van der Waals surface area contributed by atoms with E-state index in [0.717, 1.165) is 11.4 Å². The summed E-state index contributed by atoms with van der Waals surface area (Å²) in [6.45, 7) is 13.0. The molecule has 1 aromatic heterocycles. The summed E-state index contributed by atoms with van der Waals surface area (Å²) in [5.41, 5.74) is 6.10. The van der Waals surface area contributed by atoms with Crippen molar-refractivity contribution in [3.8, 4) is 17.0 Å². The van der Waals surface area contributed by atoms with Crippen molar-refractivity contribution in [1.82, 2.24) is 9.78 Å². The summed E-state index contributed by atoms with van der Waals surface area (Å²) in [5.74, 6) is 1.11. The number of aromatic nitrogens is 2. The molecule has 0 aliphatic rings. The van der Waals surface area contributed by atoms with Crippen LogP contribution in [0.25, 0.3) is 11.1 Å². The standard InChI is InChI=1S/C18H26N2O.Pd/c1-11(2)17-16(15-9-13(5)8-14(6)10-15)18(21-7)19-20(17)12(3)4;/h8-12H,1-7H3;. The summed E-state index contributed by atoms with van der Waals surface area (Å²) in [6.07, 6.45) is 0. The van der Waals surface area contributed by atoms with Crippen molar-refractivity contribution in [2.24, 2.45) is 0 Å². The first-order valence-electron chi connectivity index (χ1n) is 7.60. The molecule has 0 aliphatic heterocycles. The van der Waals surface area contributed by atoms with E-state index in [0.29, 0.717) is 12.0 Å². The Morgan fingerprint density at radius 3 is 1.95 bits per heavy atom. The van der Waals surface area contributed by atoms with E-state index in [9.17, 15) is 0 Å². The summed E-state index contributed by atoms with van der Waals surface area (Å²) in [7, 11) is 1.70. The normalized spacial score (nSPS) is 11.0. The third-order valence-corrected chi connectivity index (χ3v) is 3.66. The average Bonchev–Trinajstić information content (AvgIpc) is 2.77. The van der Waals surface area contributed by atoms with E-state index in [1.165, 1.54) is 22.4 Å². The van der Waals surface area contributed by atoms with Crippen LogP contribution in [0.15, 0.2) is 18.2 Å². The summed E-state index contributed by atoms with van der Waals surface area (Å²) in [6, 6.07) is 6.93. The Morgan fingerprint density at radius 1 is 1.00 bits per heavy atom. The predicted octanol–water partition coefficient (Wildman–Crippen LogP) is 4.88. The zero-order valence-corrected chi connectivity index (χ0v) is 16.1. The zero-order valence-electron chi connectivity index (χ0n) is 14.5. The number of nitrogens with zero attached hydrogens (tertiary/aromatic N) is 2. The van der Waals surface area contributed by atoms with Crippen molar-refractivity contribution in [2.75, 3.05) is 7.11 Å². The molecule has 3 nitrogen and oxygen atoms in total. The Kier molecular flexibility index (Phi) is 6.40. The fourth-order valence-corrected chi connectivity index (χ4v) is 2.91. The molecule has 0 spiro atoms. The van der Waals surface area contributed by atoms with Crippen molar-refractivity contribution in [3.05, 3.63) is 35.0 Å². The monoisotopic (exact) mass is 392 g/mol. The van der Waals surface area contributed by atoms with Crippen LogP contribution < -0.4 is 4.74 Å². The van der Waals surface area contributed by atoms with Gasteiger partial charge in [0.2, 0.25) is 5.88 Å². The van der Waals surface area contributed by atoms with Crippen molar-refractivity contribution in [2.45, 2.75) is 53.5 Å². The maximum atomic E-state index is 5.57. The second-order valence-electron chi connectivity index (χ2n) is 6.34. The van der Waals surface area contributed by atoms with Crippen molar-refractivity contribution >= 4 is 0 Å². The molecule has 0 radical (unpaired) electrons. The van der Waals surface area contributed by atoms with Crippen LogP contribution in [-0.4, -0.2) is 16.9 Å². The van der Waals surface area contributed by atoms with Gasteiger partial charge in [-0.05, 0) is 39.2 Å². The molecule has 0 amide bonds. The van der Waals surface area contributed by atoms with Gasteiger partial charge in [0.05, 0.1) is 18.4 Å². The Balaban J connectivity index is 0.00000242. The van der Waals surface area contributed by atoms with Gasteiger partial charge in [0.1, 0.15) is 0 Å². The molecule has 0 saturated heterocycles. The van der Waals surface area contributed by atoms with Gasteiger partial charge in [0.15, 0.2) is 0 Å². The maximum Gasteiger partial charge on any atom is 0.240 e. The number of hydrogen-bond donors (Lipinski definition) is 0. The van der Waals surface area contributed by atoms with E-state index in [-0.39, 0.29) is 20.4 Å². The number of rotatable bonds is 4. The quantitative estimate of drug-likeness (QED) is 0.693. The average molecular weight is 393 g/mol. The molecule has 1 aromatic carbocycles. The van der Waals surface area contributed by atoms with Crippen LogP contribution in [0.5, 0.6) is 5.88 Å². The van der Waals surface area contributed by atoms with Crippen LogP contribution in [0.2, 0.25) is 0 Å². The molecule has 1 heterocycles. The van der Waals surface area contributed by atoms with E-state index in [1.54, 1.807) is 7.11 Å². The number of benzene rings is 1. The van der Waals surface area contributed by atoms with Crippen LogP contribution in [0.3, 0.4) is 0 Å². The molecular formula is C18H26N2OPd. The van der Waals surface area contributed by atoms with Gasteiger partial charge >= 0.3 is 0 Å². The largest absolute Gasteiger partial charge is 0.479 e. The molecule has 0 N–H and O–H groups in total. The molecule has 22 heavy (non-hydrogen) atoms. The molecule has 0 bridgehead atoms. The van der Waals surface area contributed by atoms with E-state index in [2.05, 4.69) is 69.5 Å². The van der Waals surface area contributed by atoms with Crippen LogP contribution in [0.4, 0.5) is 0 Å². The second-order valence-corrected chi connectivity index (χ2v) is 6.34. The van der Waals surface area contributed by atoms with Gasteiger partial charge in [-0.3, -0.25) is 4.68 Å². The van der Waals surface area contributed by atoms with Gasteiger partial charge in [-0.2, -0.15) is 0 Å². The first kappa shape index (κ1) is 18.9. The number of ether oxygens (including phenoxy) is 1. The molecule has 124 valence electrons. The smallest absolute Gasteiger partial charge is 0.240 e. The van der Waals surface area contributed by atoms with Crippen molar-refractivity contribution in [3.63, 3.8) is 0 Å². The SMILES string of the molecule is COc1nn(C(C)C)c(C(C)C)c1-c1cc(C)cc(C)c1.[Pd].